The fraction of sp³-hybridized carbons (Fsp3) is 0.0769. The van der Waals surface area contributed by atoms with Crippen LogP contribution in [0.5, 0.6) is 0 Å². The molecule has 2 aromatic carbocycles. The lowest BCUT2D eigenvalue weighted by atomic mass is 10.2. The van der Waals surface area contributed by atoms with E-state index in [1.807, 2.05) is 0 Å². The number of fused-ring (bicyclic) bond motifs is 1. The molecule has 0 fully saturated rings. The molecule has 0 aliphatic carbocycles. The van der Waals surface area contributed by atoms with Crippen molar-refractivity contribution >= 4 is 38.3 Å². The van der Waals surface area contributed by atoms with Gasteiger partial charge in [0.25, 0.3) is 10.0 Å². The van der Waals surface area contributed by atoms with Crippen LogP contribution >= 0.6 is 11.6 Å². The molecule has 0 aliphatic rings. The Kier molecular flexibility index (Phi) is 3.92. The second kappa shape index (κ2) is 5.76. The minimum Gasteiger partial charge on any atom is -0.392 e. The second-order valence-electron chi connectivity index (χ2n) is 4.53. The van der Waals surface area contributed by atoms with E-state index in [1.165, 1.54) is 24.3 Å². The van der Waals surface area contributed by atoms with Crippen molar-refractivity contribution in [2.45, 2.75) is 11.5 Å². The number of nitrogens with zero attached hydrogens (tertiary/aromatic N) is 2. The minimum absolute atomic E-state index is 0.00739. The molecule has 1 aromatic heterocycles. The highest BCUT2D eigenvalue weighted by molar-refractivity contribution is 7.93. The molecule has 0 radical (unpaired) electrons. The molecule has 0 saturated carbocycles. The quantitative estimate of drug-likeness (QED) is 0.742. The van der Waals surface area contributed by atoms with Crippen LogP contribution in [-0.2, 0) is 16.6 Å². The molecule has 0 atom stereocenters. The molecule has 0 amide bonds. The van der Waals surface area contributed by atoms with E-state index in [0.29, 0.717) is 0 Å². The highest BCUT2D eigenvalue weighted by atomic mass is 35.5. The first kappa shape index (κ1) is 15.7. The molecule has 1 heterocycles. The largest absolute Gasteiger partial charge is 0.392 e. The highest BCUT2D eigenvalue weighted by Gasteiger charge is 2.24. The number of hydrogen-bond donors (Lipinski definition) is 2. The van der Waals surface area contributed by atoms with E-state index in [-0.39, 0.29) is 26.5 Å². The van der Waals surface area contributed by atoms with Gasteiger partial charge >= 0.3 is 0 Å². The van der Waals surface area contributed by atoms with Crippen molar-refractivity contribution in [1.82, 2.24) is 10.3 Å². The molecule has 0 spiro atoms. The maximum Gasteiger partial charge on any atom is 0.264 e. The van der Waals surface area contributed by atoms with Crippen LogP contribution in [0.4, 0.5) is 10.1 Å². The van der Waals surface area contributed by atoms with Crippen molar-refractivity contribution in [2.75, 3.05) is 4.72 Å². The summed E-state index contributed by atoms with van der Waals surface area (Å²) in [5.74, 6) is -0.868. The third-order valence-corrected chi connectivity index (χ3v) is 4.87. The number of rotatable bonds is 4. The Bertz CT molecular complexity index is 990. The Balaban J connectivity index is 2.13. The molecule has 3 aromatic rings. The van der Waals surface area contributed by atoms with E-state index < -0.39 is 28.1 Å². The van der Waals surface area contributed by atoms with Crippen molar-refractivity contribution in [3.05, 3.63) is 46.7 Å². The molecule has 23 heavy (non-hydrogen) atoms. The predicted molar refractivity (Wildman–Crippen MR) is 79.9 cm³/mol. The lowest BCUT2D eigenvalue weighted by Gasteiger charge is -2.13. The first-order chi connectivity index (χ1) is 10.9. The van der Waals surface area contributed by atoms with E-state index in [1.54, 1.807) is 0 Å². The average Bonchev–Trinajstić information content (AvgIpc) is 2.99. The van der Waals surface area contributed by atoms with Gasteiger partial charge in [-0.05, 0) is 34.6 Å². The van der Waals surface area contributed by atoms with Crippen LogP contribution in [0, 0.1) is 5.82 Å². The third kappa shape index (κ3) is 2.74. The van der Waals surface area contributed by atoms with E-state index in [0.717, 1.165) is 6.07 Å². The van der Waals surface area contributed by atoms with Crippen molar-refractivity contribution in [1.29, 1.82) is 0 Å². The number of anilines is 1. The third-order valence-electron chi connectivity index (χ3n) is 3.14. The smallest absolute Gasteiger partial charge is 0.264 e. The van der Waals surface area contributed by atoms with Gasteiger partial charge in [-0.3, -0.25) is 4.72 Å². The monoisotopic (exact) mass is 357 g/mol. The van der Waals surface area contributed by atoms with Gasteiger partial charge in [-0.25, -0.2) is 17.4 Å². The molecule has 10 heteroatoms. The number of hydrogen-bond acceptors (Lipinski definition) is 6. The van der Waals surface area contributed by atoms with Gasteiger partial charge in [0.1, 0.15) is 16.2 Å². The van der Waals surface area contributed by atoms with E-state index in [2.05, 4.69) is 19.7 Å². The van der Waals surface area contributed by atoms with Gasteiger partial charge in [-0.2, -0.15) is 0 Å². The van der Waals surface area contributed by atoms with Gasteiger partial charge in [0.05, 0.1) is 12.3 Å². The minimum atomic E-state index is -4.20. The Morgan fingerprint density at radius 2 is 2.04 bits per heavy atom. The van der Waals surface area contributed by atoms with Gasteiger partial charge in [-0.15, -0.1) is 0 Å². The van der Waals surface area contributed by atoms with Crippen LogP contribution in [0.3, 0.4) is 0 Å². The first-order valence-electron chi connectivity index (χ1n) is 6.26. The topological polar surface area (TPSA) is 105 Å². The molecular weight excluding hydrogens is 349 g/mol. The van der Waals surface area contributed by atoms with Gasteiger partial charge in [0.2, 0.25) is 0 Å². The number of nitrogens with one attached hydrogen (secondary N) is 1. The molecule has 2 N–H and O–H groups in total. The van der Waals surface area contributed by atoms with Crippen LogP contribution in [0.1, 0.15) is 5.56 Å². The molecule has 0 aliphatic heterocycles. The number of aliphatic hydroxyl groups excluding tert-OH is 1. The summed E-state index contributed by atoms with van der Waals surface area (Å²) >= 11 is 5.86. The standard InChI is InChI=1S/C13H9ClFN3O4S/c14-8-4-5-9(15)12(7(8)6-19)18-23(20,21)11-3-1-2-10-13(11)17-22-16-10/h1-5,18-19H,6H2. The normalized spacial score (nSPS) is 11.8. The van der Waals surface area contributed by atoms with Crippen molar-refractivity contribution in [3.63, 3.8) is 0 Å². The Hall–Kier alpha value is -2.23. The summed E-state index contributed by atoms with van der Waals surface area (Å²) in [6.45, 7) is -0.635. The Morgan fingerprint density at radius 3 is 2.78 bits per heavy atom. The molecule has 3 rings (SSSR count). The number of aromatic nitrogens is 2. The van der Waals surface area contributed by atoms with Crippen LogP contribution in [0.2, 0.25) is 5.02 Å². The number of aliphatic hydroxyl groups is 1. The maximum absolute atomic E-state index is 14.0. The zero-order chi connectivity index (χ0) is 16.6. The van der Waals surface area contributed by atoms with E-state index >= 15 is 0 Å². The zero-order valence-electron chi connectivity index (χ0n) is 11.3. The van der Waals surface area contributed by atoms with Crippen LogP contribution in [0.15, 0.2) is 39.9 Å². The molecule has 0 bridgehead atoms. The van der Waals surface area contributed by atoms with Gasteiger partial charge in [0, 0.05) is 10.6 Å². The highest BCUT2D eigenvalue weighted by Crippen LogP contribution is 2.30. The Labute approximate surface area is 134 Å². The average molecular weight is 358 g/mol. The van der Waals surface area contributed by atoms with Gasteiger partial charge in [0.15, 0.2) is 5.52 Å². The molecule has 0 unspecified atom stereocenters. The second-order valence-corrected chi connectivity index (χ2v) is 6.59. The summed E-state index contributed by atoms with van der Waals surface area (Å²) in [6, 6.07) is 6.46. The zero-order valence-corrected chi connectivity index (χ0v) is 12.9. The summed E-state index contributed by atoms with van der Waals surface area (Å²) < 4.78 is 45.6. The number of halogens is 2. The predicted octanol–water partition coefficient (Wildman–Crippen LogP) is 2.31. The molecular formula is C13H9ClFN3O4S. The van der Waals surface area contributed by atoms with E-state index in [4.69, 9.17) is 11.6 Å². The summed E-state index contributed by atoms with van der Waals surface area (Å²) in [6.07, 6.45) is 0. The summed E-state index contributed by atoms with van der Waals surface area (Å²) in [5, 5.41) is 16.4. The van der Waals surface area contributed by atoms with Gasteiger partial charge < -0.3 is 5.11 Å². The number of sulfonamides is 1. The van der Waals surface area contributed by atoms with E-state index in [9.17, 15) is 17.9 Å². The van der Waals surface area contributed by atoms with Crippen molar-refractivity contribution < 1.29 is 22.5 Å². The molecule has 120 valence electrons. The molecule has 7 nitrogen and oxygen atoms in total. The van der Waals surface area contributed by atoms with Crippen LogP contribution in [0.25, 0.3) is 11.0 Å². The van der Waals surface area contributed by atoms with Gasteiger partial charge in [-0.1, -0.05) is 17.7 Å². The maximum atomic E-state index is 14.0. The number of benzene rings is 2. The van der Waals surface area contributed by atoms with Crippen molar-refractivity contribution in [2.24, 2.45) is 0 Å². The Morgan fingerprint density at radius 1 is 1.26 bits per heavy atom. The van der Waals surface area contributed by atoms with Crippen molar-refractivity contribution in [3.8, 4) is 0 Å². The lowest BCUT2D eigenvalue weighted by molar-refractivity contribution is 0.282. The van der Waals surface area contributed by atoms with Crippen LogP contribution < -0.4 is 4.72 Å². The summed E-state index contributed by atoms with van der Waals surface area (Å²) in [4.78, 5) is -0.237. The summed E-state index contributed by atoms with van der Waals surface area (Å²) in [7, 11) is -4.20. The lowest BCUT2D eigenvalue weighted by Crippen LogP contribution is -2.16. The van der Waals surface area contributed by atoms with Crippen LogP contribution in [-0.4, -0.2) is 23.8 Å². The fourth-order valence-electron chi connectivity index (χ4n) is 2.05. The fourth-order valence-corrected chi connectivity index (χ4v) is 3.52. The molecule has 0 saturated heterocycles. The SMILES string of the molecule is O=S(=O)(Nc1c(F)ccc(Cl)c1CO)c1cccc2nonc12. The summed E-state index contributed by atoms with van der Waals surface area (Å²) in [5.41, 5.74) is -0.246. The first-order valence-corrected chi connectivity index (χ1v) is 8.12.